The minimum Gasteiger partial charge on any atom is -0.355 e. The molecule has 5 heteroatoms. The van der Waals surface area contributed by atoms with Crippen LogP contribution in [0.15, 0.2) is 15.9 Å². The largest absolute Gasteiger partial charge is 0.355 e. The molecule has 0 radical (unpaired) electrons. The van der Waals surface area contributed by atoms with Gasteiger partial charge in [0.25, 0.3) is 0 Å². The van der Waals surface area contributed by atoms with Crippen molar-refractivity contribution in [2.45, 2.75) is 45.7 Å². The Labute approximate surface area is 121 Å². The van der Waals surface area contributed by atoms with E-state index in [2.05, 4.69) is 33.5 Å². The van der Waals surface area contributed by atoms with Gasteiger partial charge in [0.05, 0.1) is 6.04 Å². The summed E-state index contributed by atoms with van der Waals surface area (Å²) in [4.78, 5) is 13.0. The molecule has 102 valence electrons. The number of hydrogen-bond donors (Lipinski definition) is 2. The van der Waals surface area contributed by atoms with Gasteiger partial charge in [-0.15, -0.1) is 11.3 Å². The van der Waals surface area contributed by atoms with Crippen LogP contribution in [0.2, 0.25) is 0 Å². The Morgan fingerprint density at radius 2 is 2.28 bits per heavy atom. The molecule has 18 heavy (non-hydrogen) atoms. The van der Waals surface area contributed by atoms with Crippen LogP contribution < -0.4 is 10.6 Å². The SMILES string of the molecule is CCCCCNC(=O)C(C)NCc1sccc1Br. The molecule has 1 unspecified atom stereocenters. The Balaban J connectivity index is 2.21. The van der Waals surface area contributed by atoms with Gasteiger partial charge in [-0.3, -0.25) is 4.79 Å². The van der Waals surface area contributed by atoms with E-state index in [1.54, 1.807) is 11.3 Å². The van der Waals surface area contributed by atoms with Crippen molar-refractivity contribution < 1.29 is 4.79 Å². The molecule has 1 rings (SSSR count). The van der Waals surface area contributed by atoms with Gasteiger partial charge in [0.2, 0.25) is 5.91 Å². The summed E-state index contributed by atoms with van der Waals surface area (Å²) in [6, 6.07) is 1.87. The van der Waals surface area contributed by atoms with Crippen LogP contribution in [0, 0.1) is 0 Å². The molecule has 0 saturated carbocycles. The average molecular weight is 333 g/mol. The number of amides is 1. The number of thiophene rings is 1. The van der Waals surface area contributed by atoms with E-state index < -0.39 is 0 Å². The number of carbonyl (C=O) groups excluding carboxylic acids is 1. The first kappa shape index (κ1) is 15.7. The third-order valence-electron chi connectivity index (χ3n) is 2.73. The topological polar surface area (TPSA) is 41.1 Å². The second kappa shape index (κ2) is 8.67. The summed E-state index contributed by atoms with van der Waals surface area (Å²) in [5, 5.41) is 8.23. The highest BCUT2D eigenvalue weighted by Gasteiger charge is 2.12. The fraction of sp³-hybridized carbons (Fsp3) is 0.615. The Kier molecular flexibility index (Phi) is 7.54. The molecule has 0 fully saturated rings. The van der Waals surface area contributed by atoms with Gasteiger partial charge in [0, 0.05) is 22.4 Å². The first-order chi connectivity index (χ1) is 8.65. The van der Waals surface area contributed by atoms with Crippen molar-refractivity contribution in [3.05, 3.63) is 20.8 Å². The normalized spacial score (nSPS) is 12.4. The molecule has 1 aromatic rings. The summed E-state index contributed by atoms with van der Waals surface area (Å²) < 4.78 is 1.11. The molecular weight excluding hydrogens is 312 g/mol. The second-order valence-corrected chi connectivity index (χ2v) is 6.15. The highest BCUT2D eigenvalue weighted by atomic mass is 79.9. The van der Waals surface area contributed by atoms with Gasteiger partial charge < -0.3 is 10.6 Å². The van der Waals surface area contributed by atoms with E-state index in [4.69, 9.17) is 0 Å². The highest BCUT2D eigenvalue weighted by molar-refractivity contribution is 9.10. The molecule has 0 saturated heterocycles. The zero-order chi connectivity index (χ0) is 13.4. The highest BCUT2D eigenvalue weighted by Crippen LogP contribution is 2.22. The smallest absolute Gasteiger partial charge is 0.236 e. The Bertz CT molecular complexity index is 368. The number of rotatable bonds is 8. The van der Waals surface area contributed by atoms with E-state index in [9.17, 15) is 4.79 Å². The predicted octanol–water partition coefficient (Wildman–Crippen LogP) is 3.30. The minimum atomic E-state index is -0.152. The fourth-order valence-electron chi connectivity index (χ4n) is 1.53. The molecule has 0 aliphatic rings. The summed E-state index contributed by atoms with van der Waals surface area (Å²) >= 11 is 5.17. The third kappa shape index (κ3) is 5.50. The van der Waals surface area contributed by atoms with Crippen molar-refractivity contribution in [2.75, 3.05) is 6.54 Å². The van der Waals surface area contributed by atoms with Gasteiger partial charge in [0.15, 0.2) is 0 Å². The molecular formula is C13H21BrN2OS. The van der Waals surface area contributed by atoms with Crippen LogP contribution >= 0.6 is 27.3 Å². The quantitative estimate of drug-likeness (QED) is 0.717. The van der Waals surface area contributed by atoms with Crippen LogP contribution in [0.4, 0.5) is 0 Å². The van der Waals surface area contributed by atoms with E-state index in [1.165, 1.54) is 17.7 Å². The van der Waals surface area contributed by atoms with Gasteiger partial charge in [0.1, 0.15) is 0 Å². The van der Waals surface area contributed by atoms with Crippen LogP contribution in [0.25, 0.3) is 0 Å². The summed E-state index contributed by atoms with van der Waals surface area (Å²) in [6.07, 6.45) is 3.41. The van der Waals surface area contributed by atoms with Crippen molar-refractivity contribution in [1.29, 1.82) is 0 Å². The van der Waals surface area contributed by atoms with Gasteiger partial charge in [-0.05, 0) is 40.7 Å². The Hall–Kier alpha value is -0.390. The summed E-state index contributed by atoms with van der Waals surface area (Å²) in [7, 11) is 0. The lowest BCUT2D eigenvalue weighted by Gasteiger charge is -2.13. The molecule has 1 aromatic heterocycles. The maximum Gasteiger partial charge on any atom is 0.236 e. The van der Waals surface area contributed by atoms with Crippen molar-refractivity contribution in [2.24, 2.45) is 0 Å². The Morgan fingerprint density at radius 1 is 1.50 bits per heavy atom. The van der Waals surface area contributed by atoms with E-state index >= 15 is 0 Å². The first-order valence-electron chi connectivity index (χ1n) is 6.38. The van der Waals surface area contributed by atoms with E-state index in [0.29, 0.717) is 0 Å². The van der Waals surface area contributed by atoms with Crippen molar-refractivity contribution >= 4 is 33.2 Å². The average Bonchev–Trinajstić information content (AvgIpc) is 2.77. The van der Waals surface area contributed by atoms with Gasteiger partial charge >= 0.3 is 0 Å². The summed E-state index contributed by atoms with van der Waals surface area (Å²) in [5.74, 6) is 0.0822. The van der Waals surface area contributed by atoms with Gasteiger partial charge in [-0.1, -0.05) is 19.8 Å². The number of unbranched alkanes of at least 4 members (excludes halogenated alkanes) is 2. The lowest BCUT2D eigenvalue weighted by molar-refractivity contribution is -0.122. The molecule has 0 aliphatic carbocycles. The monoisotopic (exact) mass is 332 g/mol. The fourth-order valence-corrected chi connectivity index (χ4v) is 2.97. The van der Waals surface area contributed by atoms with Crippen molar-refractivity contribution in [3.8, 4) is 0 Å². The van der Waals surface area contributed by atoms with E-state index in [0.717, 1.165) is 24.0 Å². The van der Waals surface area contributed by atoms with Crippen LogP contribution in [0.5, 0.6) is 0 Å². The molecule has 1 atom stereocenters. The molecule has 1 heterocycles. The van der Waals surface area contributed by atoms with Crippen LogP contribution in [0.1, 0.15) is 38.0 Å². The Morgan fingerprint density at radius 3 is 2.89 bits per heavy atom. The minimum absolute atomic E-state index is 0.0822. The van der Waals surface area contributed by atoms with Crippen molar-refractivity contribution in [3.63, 3.8) is 0 Å². The molecule has 1 amide bonds. The van der Waals surface area contributed by atoms with Crippen LogP contribution in [0.3, 0.4) is 0 Å². The number of halogens is 1. The standard InChI is InChI=1S/C13H21BrN2OS/c1-3-4-5-7-15-13(17)10(2)16-9-12-11(14)6-8-18-12/h6,8,10,16H,3-5,7,9H2,1-2H3,(H,15,17). The van der Waals surface area contributed by atoms with Crippen molar-refractivity contribution in [1.82, 2.24) is 10.6 Å². The number of hydrogen-bond acceptors (Lipinski definition) is 3. The first-order valence-corrected chi connectivity index (χ1v) is 8.05. The number of carbonyl (C=O) groups is 1. The maximum absolute atomic E-state index is 11.8. The molecule has 3 nitrogen and oxygen atoms in total. The summed E-state index contributed by atoms with van der Waals surface area (Å²) in [5.41, 5.74) is 0. The molecule has 0 aromatic carbocycles. The van der Waals surface area contributed by atoms with E-state index in [1.807, 2.05) is 18.4 Å². The predicted molar refractivity (Wildman–Crippen MR) is 80.9 cm³/mol. The zero-order valence-corrected chi connectivity index (χ0v) is 13.4. The zero-order valence-electron chi connectivity index (χ0n) is 11.0. The maximum atomic E-state index is 11.8. The van der Waals surface area contributed by atoms with Crippen LogP contribution in [-0.2, 0) is 11.3 Å². The van der Waals surface area contributed by atoms with Gasteiger partial charge in [-0.25, -0.2) is 0 Å². The van der Waals surface area contributed by atoms with Gasteiger partial charge in [-0.2, -0.15) is 0 Å². The molecule has 2 N–H and O–H groups in total. The molecule has 0 bridgehead atoms. The molecule has 0 aliphatic heterocycles. The van der Waals surface area contributed by atoms with Crippen LogP contribution in [-0.4, -0.2) is 18.5 Å². The lowest BCUT2D eigenvalue weighted by Crippen LogP contribution is -2.42. The lowest BCUT2D eigenvalue weighted by atomic mass is 10.2. The van der Waals surface area contributed by atoms with E-state index in [-0.39, 0.29) is 11.9 Å². The number of nitrogens with one attached hydrogen (secondary N) is 2. The second-order valence-electron chi connectivity index (χ2n) is 4.29. The summed E-state index contributed by atoms with van der Waals surface area (Å²) in [6.45, 7) is 5.56. The third-order valence-corrected chi connectivity index (χ3v) is 4.66. The molecule has 0 spiro atoms.